The number of aromatic nitrogens is 2. The number of hydrogen-bond acceptors (Lipinski definition) is 4. The first kappa shape index (κ1) is 16.9. The van der Waals surface area contributed by atoms with Gasteiger partial charge in [-0.25, -0.2) is 0 Å². The van der Waals surface area contributed by atoms with E-state index in [1.165, 1.54) is 26.2 Å². The molecule has 142 valence electrons. The van der Waals surface area contributed by atoms with Gasteiger partial charge in [0.2, 0.25) is 5.91 Å². The van der Waals surface area contributed by atoms with Crippen molar-refractivity contribution in [3.63, 3.8) is 0 Å². The number of rotatable bonds is 5. The molecule has 0 bridgehead atoms. The molecule has 2 aromatic rings. The molecule has 1 saturated carbocycles. The molecule has 6 heteroatoms. The van der Waals surface area contributed by atoms with Crippen molar-refractivity contribution >= 4 is 22.6 Å². The summed E-state index contributed by atoms with van der Waals surface area (Å²) in [7, 11) is 0. The Hall–Kier alpha value is -2.21. The van der Waals surface area contributed by atoms with Crippen LogP contribution < -0.4 is 0 Å². The molecule has 0 radical (unpaired) electrons. The minimum absolute atomic E-state index is 0.0360. The second kappa shape index (κ2) is 5.89. The van der Waals surface area contributed by atoms with E-state index in [0.717, 1.165) is 29.7 Å². The lowest BCUT2D eigenvalue weighted by molar-refractivity contribution is -0.137. The average molecular weight is 367 g/mol. The number of ketones is 1. The number of epoxide rings is 1. The van der Waals surface area contributed by atoms with Crippen LogP contribution in [0.3, 0.4) is 0 Å². The summed E-state index contributed by atoms with van der Waals surface area (Å²) in [4.78, 5) is 27.1. The third-order valence-electron chi connectivity index (χ3n) is 6.53. The molecule has 3 heterocycles. The fourth-order valence-electron chi connectivity index (χ4n) is 4.84. The maximum absolute atomic E-state index is 13.2. The summed E-state index contributed by atoms with van der Waals surface area (Å²) in [5.74, 6) is 0.703. The molecule has 6 nitrogen and oxygen atoms in total. The molecule has 2 aliphatic heterocycles. The molecule has 1 amide bonds. The van der Waals surface area contributed by atoms with Gasteiger partial charge >= 0.3 is 0 Å². The Morgan fingerprint density at radius 3 is 2.78 bits per heavy atom. The monoisotopic (exact) mass is 367 g/mol. The summed E-state index contributed by atoms with van der Waals surface area (Å²) in [5.41, 5.74) is 1.09. The maximum Gasteiger partial charge on any atom is 0.246 e. The van der Waals surface area contributed by atoms with Crippen LogP contribution in [-0.4, -0.2) is 44.2 Å². The topological polar surface area (TPSA) is 67.7 Å². The lowest BCUT2D eigenvalue weighted by atomic mass is 9.80. The Bertz CT molecular complexity index is 932. The molecule has 1 aliphatic carbocycles. The zero-order valence-electron chi connectivity index (χ0n) is 15.9. The van der Waals surface area contributed by atoms with Crippen molar-refractivity contribution in [3.8, 4) is 0 Å². The smallest absolute Gasteiger partial charge is 0.246 e. The highest BCUT2D eigenvalue weighted by Crippen LogP contribution is 2.52. The Balaban J connectivity index is 1.41. The molecular weight excluding hydrogens is 342 g/mol. The van der Waals surface area contributed by atoms with Gasteiger partial charge in [0.05, 0.1) is 5.52 Å². The normalized spacial score (nSPS) is 29.6. The molecule has 27 heavy (non-hydrogen) atoms. The van der Waals surface area contributed by atoms with Crippen LogP contribution in [-0.2, 0) is 16.1 Å². The molecule has 3 aliphatic rings. The minimum Gasteiger partial charge on any atom is -0.344 e. The van der Waals surface area contributed by atoms with Gasteiger partial charge in [0.1, 0.15) is 17.8 Å². The van der Waals surface area contributed by atoms with Gasteiger partial charge in [-0.05, 0) is 25.3 Å². The molecule has 3 fully saturated rings. The molecular formula is C21H25N3O3. The molecule has 5 rings (SSSR count). The summed E-state index contributed by atoms with van der Waals surface area (Å²) < 4.78 is 7.50. The first-order valence-corrected chi connectivity index (χ1v) is 9.92. The van der Waals surface area contributed by atoms with Crippen LogP contribution in [0.1, 0.15) is 56.4 Å². The first-order chi connectivity index (χ1) is 13.0. The fourth-order valence-corrected chi connectivity index (χ4v) is 4.84. The van der Waals surface area contributed by atoms with Crippen molar-refractivity contribution in [1.29, 1.82) is 0 Å². The molecule has 1 aromatic heterocycles. The zero-order valence-corrected chi connectivity index (χ0v) is 15.9. The van der Waals surface area contributed by atoms with Crippen molar-refractivity contribution < 1.29 is 14.3 Å². The Morgan fingerprint density at radius 2 is 2.07 bits per heavy atom. The molecule has 2 saturated heterocycles. The lowest BCUT2D eigenvalue weighted by Crippen LogP contribution is -2.42. The highest BCUT2D eigenvalue weighted by atomic mass is 16.6. The van der Waals surface area contributed by atoms with Crippen molar-refractivity contribution in [1.82, 2.24) is 14.7 Å². The standard InChI is InChI=1S/C21H25N3O3/c1-13(25)19-16-8-3-4-9-17(16)23(22-19)12-18(26)24-15(10-14-6-5-7-14)11-21(2)20(24)27-21/h3-4,8-9,14-15,20H,5-7,10-12H2,1-2H3/t15?,20-,21-/m1/s1. The number of carbonyl (C=O) groups is 2. The highest BCUT2D eigenvalue weighted by molar-refractivity contribution is 6.05. The van der Waals surface area contributed by atoms with Crippen molar-refractivity contribution in [2.75, 3.05) is 0 Å². The van der Waals surface area contributed by atoms with Gasteiger partial charge in [-0.2, -0.15) is 5.10 Å². The number of likely N-dealkylation sites (tertiary alicyclic amines) is 1. The fraction of sp³-hybridized carbons (Fsp3) is 0.571. The highest BCUT2D eigenvalue weighted by Gasteiger charge is 2.65. The third kappa shape index (κ3) is 2.69. The summed E-state index contributed by atoms with van der Waals surface area (Å²) in [6.07, 6.45) is 5.80. The molecule has 3 atom stereocenters. The van der Waals surface area contributed by atoms with Crippen LogP contribution in [0, 0.1) is 5.92 Å². The summed E-state index contributed by atoms with van der Waals surface area (Å²) in [6.45, 7) is 3.76. The quantitative estimate of drug-likeness (QED) is 0.601. The van der Waals surface area contributed by atoms with E-state index in [-0.39, 0.29) is 36.1 Å². The summed E-state index contributed by atoms with van der Waals surface area (Å²) >= 11 is 0. The van der Waals surface area contributed by atoms with E-state index in [2.05, 4.69) is 12.0 Å². The van der Waals surface area contributed by atoms with Crippen LogP contribution >= 0.6 is 0 Å². The number of amides is 1. The third-order valence-corrected chi connectivity index (χ3v) is 6.53. The predicted molar refractivity (Wildman–Crippen MR) is 100 cm³/mol. The van der Waals surface area contributed by atoms with E-state index >= 15 is 0 Å². The van der Waals surface area contributed by atoms with Crippen LogP contribution in [0.15, 0.2) is 24.3 Å². The molecule has 0 spiro atoms. The Kier molecular flexibility index (Phi) is 3.69. The van der Waals surface area contributed by atoms with Crippen molar-refractivity contribution in [3.05, 3.63) is 30.0 Å². The number of para-hydroxylation sites is 1. The number of hydrogen-bond donors (Lipinski definition) is 0. The van der Waals surface area contributed by atoms with Gasteiger partial charge < -0.3 is 9.64 Å². The van der Waals surface area contributed by atoms with Crippen LogP contribution in [0.4, 0.5) is 0 Å². The van der Waals surface area contributed by atoms with E-state index in [4.69, 9.17) is 4.74 Å². The lowest BCUT2D eigenvalue weighted by Gasteiger charge is -2.33. The van der Waals surface area contributed by atoms with Gasteiger partial charge in [0, 0.05) is 24.8 Å². The van der Waals surface area contributed by atoms with Gasteiger partial charge in [-0.3, -0.25) is 14.3 Å². The summed E-state index contributed by atoms with van der Waals surface area (Å²) in [6, 6.07) is 7.86. The van der Waals surface area contributed by atoms with Gasteiger partial charge in [-0.1, -0.05) is 37.5 Å². The number of nitrogens with zero attached hydrogens (tertiary/aromatic N) is 3. The van der Waals surface area contributed by atoms with Crippen molar-refractivity contribution in [2.24, 2.45) is 5.92 Å². The Morgan fingerprint density at radius 1 is 1.30 bits per heavy atom. The van der Waals surface area contributed by atoms with Gasteiger partial charge in [0.25, 0.3) is 0 Å². The van der Waals surface area contributed by atoms with Gasteiger partial charge in [-0.15, -0.1) is 0 Å². The van der Waals surface area contributed by atoms with E-state index in [9.17, 15) is 9.59 Å². The second-order valence-electron chi connectivity index (χ2n) is 8.55. The zero-order chi connectivity index (χ0) is 18.8. The number of benzene rings is 1. The average Bonchev–Trinajstić information content (AvgIpc) is 2.97. The van der Waals surface area contributed by atoms with Crippen LogP contribution in [0.5, 0.6) is 0 Å². The van der Waals surface area contributed by atoms with E-state index in [1.54, 1.807) is 4.68 Å². The maximum atomic E-state index is 13.2. The van der Waals surface area contributed by atoms with E-state index in [0.29, 0.717) is 5.69 Å². The molecule has 0 N–H and O–H groups in total. The predicted octanol–water partition coefficient (Wildman–Crippen LogP) is 3.15. The van der Waals surface area contributed by atoms with E-state index in [1.807, 2.05) is 29.2 Å². The number of carbonyl (C=O) groups excluding carboxylic acids is 2. The molecule has 1 aromatic carbocycles. The largest absolute Gasteiger partial charge is 0.344 e. The minimum atomic E-state index is -0.166. The summed E-state index contributed by atoms with van der Waals surface area (Å²) in [5, 5.41) is 5.25. The van der Waals surface area contributed by atoms with Crippen molar-refractivity contribution in [2.45, 2.75) is 70.4 Å². The van der Waals surface area contributed by atoms with Crippen LogP contribution in [0.25, 0.3) is 10.9 Å². The molecule has 1 unspecified atom stereocenters. The number of ether oxygens (including phenoxy) is 1. The van der Waals surface area contributed by atoms with E-state index < -0.39 is 0 Å². The SMILES string of the molecule is CC(=O)c1nn(CC(=O)N2C(CC3CCC3)C[C@@]3(C)O[C@@H]23)c2ccccc12. The number of Topliss-reactive ketones (excluding diaryl/α,β-unsaturated/α-hetero) is 1. The van der Waals surface area contributed by atoms with Gasteiger partial charge in [0.15, 0.2) is 12.0 Å². The second-order valence-corrected chi connectivity index (χ2v) is 8.55. The number of fused-ring (bicyclic) bond motifs is 2. The Labute approximate surface area is 158 Å². The first-order valence-electron chi connectivity index (χ1n) is 9.92. The van der Waals surface area contributed by atoms with Crippen LogP contribution in [0.2, 0.25) is 0 Å².